The van der Waals surface area contributed by atoms with Gasteiger partial charge in [-0.3, -0.25) is 4.79 Å². The molecule has 170 valence electrons. The lowest BCUT2D eigenvalue weighted by Gasteiger charge is -2.14. The highest BCUT2D eigenvalue weighted by atomic mass is 79.9. The molecule has 0 amide bonds. The number of carbonyl (C=O) groups is 1. The van der Waals surface area contributed by atoms with E-state index in [-0.39, 0.29) is 11.5 Å². The molecule has 33 heavy (non-hydrogen) atoms. The first-order valence-corrected chi connectivity index (χ1v) is 11.7. The van der Waals surface area contributed by atoms with Crippen LogP contribution < -0.4 is 9.47 Å². The Morgan fingerprint density at radius 2 is 1.67 bits per heavy atom. The summed E-state index contributed by atoms with van der Waals surface area (Å²) in [4.78, 5) is 17.7. The summed E-state index contributed by atoms with van der Waals surface area (Å²) in [6, 6.07) is 14.7. The first-order valence-electron chi connectivity index (χ1n) is 10.1. The molecule has 4 aromatic rings. The molecule has 2 aromatic heterocycles. The summed E-state index contributed by atoms with van der Waals surface area (Å²) in [7, 11) is 4.66. The maximum Gasteiger partial charge on any atom is 0.231 e. The summed E-state index contributed by atoms with van der Waals surface area (Å²) in [5.41, 5.74) is 3.37. The van der Waals surface area contributed by atoms with E-state index in [0.717, 1.165) is 27.4 Å². The quantitative estimate of drug-likeness (QED) is 0.236. The number of methoxy groups -OCH3 is 3. The molecule has 0 aliphatic carbocycles. The lowest BCUT2D eigenvalue weighted by atomic mass is 10.0. The van der Waals surface area contributed by atoms with Gasteiger partial charge in [-0.25, -0.2) is 4.98 Å². The van der Waals surface area contributed by atoms with Crippen molar-refractivity contribution in [3.05, 3.63) is 74.7 Å². The number of benzene rings is 2. The number of furan rings is 1. The van der Waals surface area contributed by atoms with Gasteiger partial charge in [0.15, 0.2) is 5.76 Å². The second kappa shape index (κ2) is 9.91. The maximum atomic E-state index is 13.2. The van der Waals surface area contributed by atoms with Gasteiger partial charge < -0.3 is 18.6 Å². The van der Waals surface area contributed by atoms with E-state index in [1.165, 1.54) is 7.11 Å². The van der Waals surface area contributed by atoms with Gasteiger partial charge in [0.05, 0.1) is 24.9 Å². The molecule has 1 atom stereocenters. The Hall–Kier alpha value is -2.94. The number of hydrogen-bond donors (Lipinski definition) is 0. The first kappa shape index (κ1) is 23.2. The molecule has 2 heterocycles. The SMILES string of the molecule is COc1cc(-c2ccc(C(=O)C(OC)c3ccc(-c4csc(C)n4)cc3)o2)cc(OC)c1Br. The van der Waals surface area contributed by atoms with Crippen LogP contribution in [0.2, 0.25) is 0 Å². The number of hydrogen-bond acceptors (Lipinski definition) is 7. The van der Waals surface area contributed by atoms with Crippen LogP contribution in [0.5, 0.6) is 11.5 Å². The Bertz CT molecular complexity index is 1250. The van der Waals surface area contributed by atoms with Gasteiger partial charge in [0.25, 0.3) is 0 Å². The Balaban J connectivity index is 1.59. The zero-order chi connectivity index (χ0) is 23.5. The highest BCUT2D eigenvalue weighted by Gasteiger charge is 2.25. The number of ketones is 1. The number of halogens is 1. The third-order valence-electron chi connectivity index (χ3n) is 5.18. The van der Waals surface area contributed by atoms with Crippen molar-refractivity contribution in [3.8, 4) is 34.1 Å². The molecule has 0 fully saturated rings. The average Bonchev–Trinajstić information content (AvgIpc) is 3.50. The van der Waals surface area contributed by atoms with Crippen LogP contribution in [0, 0.1) is 6.92 Å². The van der Waals surface area contributed by atoms with Crippen LogP contribution in [0.4, 0.5) is 0 Å². The zero-order valence-electron chi connectivity index (χ0n) is 18.5. The van der Waals surface area contributed by atoms with Crippen molar-refractivity contribution in [2.24, 2.45) is 0 Å². The fourth-order valence-electron chi connectivity index (χ4n) is 3.49. The second-order valence-electron chi connectivity index (χ2n) is 7.21. The van der Waals surface area contributed by atoms with Crippen molar-refractivity contribution in [2.75, 3.05) is 21.3 Å². The molecule has 0 saturated heterocycles. The summed E-state index contributed by atoms with van der Waals surface area (Å²) in [6.07, 6.45) is -0.788. The van der Waals surface area contributed by atoms with Gasteiger partial charge in [0, 0.05) is 23.6 Å². The minimum absolute atomic E-state index is 0.205. The molecule has 0 aliphatic heterocycles. The number of rotatable bonds is 8. The van der Waals surface area contributed by atoms with Crippen LogP contribution in [-0.4, -0.2) is 32.1 Å². The smallest absolute Gasteiger partial charge is 0.231 e. The predicted molar refractivity (Wildman–Crippen MR) is 131 cm³/mol. The number of thiazole rings is 1. The van der Waals surface area contributed by atoms with Crippen LogP contribution in [-0.2, 0) is 4.74 Å². The van der Waals surface area contributed by atoms with E-state index >= 15 is 0 Å². The number of Topliss-reactive ketones (excluding diaryl/α,β-unsaturated/α-hetero) is 1. The lowest BCUT2D eigenvalue weighted by Crippen LogP contribution is -2.14. The van der Waals surface area contributed by atoms with Crippen molar-refractivity contribution in [1.82, 2.24) is 4.98 Å². The molecule has 1 unspecified atom stereocenters. The average molecular weight is 528 g/mol. The number of carbonyl (C=O) groups excluding carboxylic acids is 1. The molecule has 8 heteroatoms. The van der Waals surface area contributed by atoms with Gasteiger partial charge in [-0.05, 0) is 52.7 Å². The number of aromatic nitrogens is 1. The fraction of sp³-hybridized carbons (Fsp3) is 0.200. The van der Waals surface area contributed by atoms with E-state index in [9.17, 15) is 4.79 Å². The van der Waals surface area contributed by atoms with Gasteiger partial charge in [-0.2, -0.15) is 0 Å². The number of aryl methyl sites for hydroxylation is 1. The highest BCUT2D eigenvalue weighted by Crippen LogP contribution is 2.39. The number of ether oxygens (including phenoxy) is 3. The Kier molecular flexibility index (Phi) is 6.97. The van der Waals surface area contributed by atoms with Gasteiger partial charge in [0.1, 0.15) is 27.8 Å². The first-order chi connectivity index (χ1) is 15.9. The molecule has 0 aliphatic rings. The summed E-state index contributed by atoms with van der Waals surface area (Å²) in [6.45, 7) is 1.97. The van der Waals surface area contributed by atoms with E-state index in [1.54, 1.807) is 37.7 Å². The van der Waals surface area contributed by atoms with E-state index in [1.807, 2.05) is 48.7 Å². The molecule has 6 nitrogen and oxygen atoms in total. The molecular formula is C25H22BrNO5S. The van der Waals surface area contributed by atoms with Crippen LogP contribution in [0.1, 0.15) is 27.2 Å². The minimum Gasteiger partial charge on any atom is -0.495 e. The van der Waals surface area contributed by atoms with Crippen molar-refractivity contribution in [2.45, 2.75) is 13.0 Å². The molecule has 0 radical (unpaired) electrons. The molecule has 0 saturated carbocycles. The Morgan fingerprint density at radius 1 is 1.00 bits per heavy atom. The summed E-state index contributed by atoms with van der Waals surface area (Å²) >= 11 is 5.06. The molecule has 0 N–H and O–H groups in total. The minimum atomic E-state index is -0.788. The third kappa shape index (κ3) is 4.73. The Morgan fingerprint density at radius 3 is 2.21 bits per heavy atom. The lowest BCUT2D eigenvalue weighted by molar-refractivity contribution is 0.0577. The Labute approximate surface area is 204 Å². The van der Waals surface area contributed by atoms with Crippen LogP contribution in [0.3, 0.4) is 0 Å². The third-order valence-corrected chi connectivity index (χ3v) is 6.74. The zero-order valence-corrected chi connectivity index (χ0v) is 21.0. The predicted octanol–water partition coefficient (Wildman–Crippen LogP) is 6.73. The molecule has 0 bridgehead atoms. The summed E-state index contributed by atoms with van der Waals surface area (Å²) in [5, 5.41) is 3.02. The van der Waals surface area contributed by atoms with Crippen molar-refractivity contribution < 1.29 is 23.4 Å². The molecule has 4 rings (SSSR count). The van der Waals surface area contributed by atoms with Crippen LogP contribution in [0.25, 0.3) is 22.6 Å². The molecule has 0 spiro atoms. The normalized spacial score (nSPS) is 11.9. The van der Waals surface area contributed by atoms with Gasteiger partial charge in [-0.15, -0.1) is 11.3 Å². The van der Waals surface area contributed by atoms with Gasteiger partial charge in [0.2, 0.25) is 5.78 Å². The van der Waals surface area contributed by atoms with Crippen molar-refractivity contribution in [1.29, 1.82) is 0 Å². The maximum absolute atomic E-state index is 13.2. The van der Waals surface area contributed by atoms with Gasteiger partial charge >= 0.3 is 0 Å². The van der Waals surface area contributed by atoms with E-state index in [4.69, 9.17) is 18.6 Å². The standard InChI is InChI=1S/C25H22BrNO5S/c1-14-27-18(13-33-14)15-5-7-16(8-6-15)25(31-4)24(28)20-10-9-19(32-20)17-11-21(29-2)23(26)22(12-17)30-3/h5-13,25H,1-4H3. The van der Waals surface area contributed by atoms with Crippen molar-refractivity contribution in [3.63, 3.8) is 0 Å². The number of nitrogens with zero attached hydrogens (tertiary/aromatic N) is 1. The summed E-state index contributed by atoms with van der Waals surface area (Å²) in [5.74, 6) is 1.65. The fourth-order valence-corrected chi connectivity index (χ4v) is 4.66. The van der Waals surface area contributed by atoms with Crippen molar-refractivity contribution >= 4 is 33.0 Å². The van der Waals surface area contributed by atoms with Crippen LogP contribution in [0.15, 0.2) is 62.8 Å². The van der Waals surface area contributed by atoms with E-state index < -0.39 is 6.10 Å². The van der Waals surface area contributed by atoms with Crippen LogP contribution >= 0.6 is 27.3 Å². The second-order valence-corrected chi connectivity index (χ2v) is 9.07. The van der Waals surface area contributed by atoms with Gasteiger partial charge in [-0.1, -0.05) is 24.3 Å². The monoisotopic (exact) mass is 527 g/mol. The highest BCUT2D eigenvalue weighted by molar-refractivity contribution is 9.10. The topological polar surface area (TPSA) is 70.8 Å². The van der Waals surface area contributed by atoms with E-state index in [0.29, 0.717) is 21.7 Å². The van der Waals surface area contributed by atoms with E-state index in [2.05, 4.69) is 20.9 Å². The summed E-state index contributed by atoms with van der Waals surface area (Å²) < 4.78 is 22.9. The largest absolute Gasteiger partial charge is 0.495 e. The molecular weight excluding hydrogens is 506 g/mol. The molecule has 2 aromatic carbocycles.